The molecule has 2 N–H and O–H groups in total. The molecule has 0 saturated heterocycles. The zero-order valence-corrected chi connectivity index (χ0v) is 10.00. The molecule has 0 aliphatic rings. The molecular weight excluding hydrogens is 182 g/mol. The molecule has 0 saturated carbocycles. The van der Waals surface area contributed by atoms with Crippen molar-refractivity contribution in [2.75, 3.05) is 6.54 Å². The molecule has 1 heteroatoms. The maximum atomic E-state index is 5.49. The first-order valence-corrected chi connectivity index (χ1v) is 6.00. The SMILES string of the molecule is CC(C)CCc1ccc(CCCN)cc1. The molecule has 84 valence electrons. The molecular formula is C14H23N. The Bertz CT molecular complexity index is 261. The Kier molecular flexibility index (Phi) is 5.41. The van der Waals surface area contributed by atoms with Gasteiger partial charge in [0.05, 0.1) is 0 Å². The van der Waals surface area contributed by atoms with E-state index in [0.29, 0.717) is 0 Å². The van der Waals surface area contributed by atoms with Gasteiger partial charge in [-0.3, -0.25) is 0 Å². The molecule has 0 heterocycles. The molecule has 0 aliphatic carbocycles. The van der Waals surface area contributed by atoms with Crippen molar-refractivity contribution in [2.24, 2.45) is 11.7 Å². The number of hydrogen-bond donors (Lipinski definition) is 1. The minimum atomic E-state index is 0.787. The highest BCUT2D eigenvalue weighted by molar-refractivity contribution is 5.22. The maximum Gasteiger partial charge on any atom is -0.00741 e. The van der Waals surface area contributed by atoms with Gasteiger partial charge in [-0.15, -0.1) is 0 Å². The van der Waals surface area contributed by atoms with Crippen LogP contribution in [0, 0.1) is 5.92 Å². The molecule has 0 radical (unpaired) electrons. The van der Waals surface area contributed by atoms with Gasteiger partial charge in [0.2, 0.25) is 0 Å². The standard InChI is InChI=1S/C14H23N/c1-12(2)5-6-14-9-7-13(8-10-14)4-3-11-15/h7-10,12H,3-6,11,15H2,1-2H3. The van der Waals surface area contributed by atoms with E-state index >= 15 is 0 Å². The van der Waals surface area contributed by atoms with Crippen LogP contribution in [0.5, 0.6) is 0 Å². The van der Waals surface area contributed by atoms with Crippen molar-refractivity contribution in [3.63, 3.8) is 0 Å². The molecule has 15 heavy (non-hydrogen) atoms. The van der Waals surface area contributed by atoms with Gasteiger partial charge >= 0.3 is 0 Å². The predicted octanol–water partition coefficient (Wildman–Crippen LogP) is 3.17. The smallest absolute Gasteiger partial charge is 0.00741 e. The summed E-state index contributed by atoms with van der Waals surface area (Å²) in [7, 11) is 0. The first kappa shape index (κ1) is 12.3. The number of aryl methyl sites for hydroxylation is 2. The highest BCUT2D eigenvalue weighted by Gasteiger charge is 1.97. The van der Waals surface area contributed by atoms with Crippen molar-refractivity contribution in [2.45, 2.75) is 39.5 Å². The topological polar surface area (TPSA) is 26.0 Å². The second-order valence-electron chi connectivity index (χ2n) is 4.64. The zero-order valence-electron chi connectivity index (χ0n) is 10.00. The molecule has 0 atom stereocenters. The number of rotatable bonds is 6. The second kappa shape index (κ2) is 6.62. The van der Waals surface area contributed by atoms with Crippen molar-refractivity contribution >= 4 is 0 Å². The lowest BCUT2D eigenvalue weighted by Gasteiger charge is -2.06. The van der Waals surface area contributed by atoms with E-state index in [-0.39, 0.29) is 0 Å². The van der Waals surface area contributed by atoms with E-state index < -0.39 is 0 Å². The van der Waals surface area contributed by atoms with Gasteiger partial charge in [0.15, 0.2) is 0 Å². The van der Waals surface area contributed by atoms with Crippen molar-refractivity contribution in [3.8, 4) is 0 Å². The molecule has 1 rings (SSSR count). The van der Waals surface area contributed by atoms with Gasteiger partial charge in [0.25, 0.3) is 0 Å². The Balaban J connectivity index is 2.41. The summed E-state index contributed by atoms with van der Waals surface area (Å²) < 4.78 is 0. The lowest BCUT2D eigenvalue weighted by molar-refractivity contribution is 0.586. The van der Waals surface area contributed by atoms with Crippen molar-refractivity contribution in [3.05, 3.63) is 35.4 Å². The summed E-state index contributed by atoms with van der Waals surface area (Å²) in [5, 5.41) is 0. The minimum Gasteiger partial charge on any atom is -0.330 e. The van der Waals surface area contributed by atoms with Gasteiger partial charge in [0.1, 0.15) is 0 Å². The fourth-order valence-electron chi connectivity index (χ4n) is 1.63. The van der Waals surface area contributed by atoms with Crippen LogP contribution in [0.25, 0.3) is 0 Å². The number of nitrogens with two attached hydrogens (primary N) is 1. The molecule has 1 aromatic rings. The third-order valence-corrected chi connectivity index (χ3v) is 2.70. The van der Waals surface area contributed by atoms with Gasteiger partial charge in [-0.05, 0) is 49.3 Å². The number of benzene rings is 1. The molecule has 0 aliphatic heterocycles. The molecule has 0 bridgehead atoms. The van der Waals surface area contributed by atoms with Crippen molar-refractivity contribution in [1.82, 2.24) is 0 Å². The van der Waals surface area contributed by atoms with Crippen LogP contribution in [0.2, 0.25) is 0 Å². The Hall–Kier alpha value is -0.820. The van der Waals surface area contributed by atoms with E-state index in [0.717, 1.165) is 25.3 Å². The summed E-state index contributed by atoms with van der Waals surface area (Å²) in [5.41, 5.74) is 8.36. The van der Waals surface area contributed by atoms with Crippen LogP contribution in [-0.2, 0) is 12.8 Å². The van der Waals surface area contributed by atoms with Crippen LogP contribution < -0.4 is 5.73 Å². The van der Waals surface area contributed by atoms with E-state index in [1.54, 1.807) is 0 Å². The first-order chi connectivity index (χ1) is 7.22. The van der Waals surface area contributed by atoms with Crippen LogP contribution in [0.3, 0.4) is 0 Å². The van der Waals surface area contributed by atoms with E-state index in [1.165, 1.54) is 24.0 Å². The lowest BCUT2D eigenvalue weighted by Crippen LogP contribution is -2.00. The molecule has 0 unspecified atom stereocenters. The van der Waals surface area contributed by atoms with Crippen LogP contribution in [-0.4, -0.2) is 6.54 Å². The Labute approximate surface area is 93.7 Å². The molecule has 0 spiro atoms. The fourth-order valence-corrected chi connectivity index (χ4v) is 1.63. The average Bonchev–Trinajstić information content (AvgIpc) is 2.25. The summed E-state index contributed by atoms with van der Waals surface area (Å²) in [6.07, 6.45) is 4.68. The summed E-state index contributed by atoms with van der Waals surface area (Å²) in [6, 6.07) is 9.00. The quantitative estimate of drug-likeness (QED) is 0.758. The van der Waals surface area contributed by atoms with E-state index in [1.807, 2.05) is 0 Å². The largest absolute Gasteiger partial charge is 0.330 e. The van der Waals surface area contributed by atoms with Crippen LogP contribution in [0.4, 0.5) is 0 Å². The predicted molar refractivity (Wildman–Crippen MR) is 67.0 cm³/mol. The van der Waals surface area contributed by atoms with E-state index in [2.05, 4.69) is 38.1 Å². The van der Waals surface area contributed by atoms with Gasteiger partial charge < -0.3 is 5.73 Å². The highest BCUT2D eigenvalue weighted by atomic mass is 14.5. The molecule has 0 fully saturated rings. The average molecular weight is 205 g/mol. The van der Waals surface area contributed by atoms with E-state index in [9.17, 15) is 0 Å². The second-order valence-corrected chi connectivity index (χ2v) is 4.64. The van der Waals surface area contributed by atoms with E-state index in [4.69, 9.17) is 5.73 Å². The zero-order chi connectivity index (χ0) is 11.1. The lowest BCUT2D eigenvalue weighted by atomic mass is 10.0. The van der Waals surface area contributed by atoms with Crippen LogP contribution >= 0.6 is 0 Å². The molecule has 1 nitrogen and oxygen atoms in total. The van der Waals surface area contributed by atoms with Crippen LogP contribution in [0.15, 0.2) is 24.3 Å². The first-order valence-electron chi connectivity index (χ1n) is 6.00. The third-order valence-electron chi connectivity index (χ3n) is 2.70. The normalized spacial score (nSPS) is 10.9. The Morgan fingerprint density at radius 1 is 1.00 bits per heavy atom. The van der Waals surface area contributed by atoms with Crippen molar-refractivity contribution < 1.29 is 0 Å². The van der Waals surface area contributed by atoms with Crippen molar-refractivity contribution in [1.29, 1.82) is 0 Å². The summed E-state index contributed by atoms with van der Waals surface area (Å²) in [4.78, 5) is 0. The van der Waals surface area contributed by atoms with Gasteiger partial charge in [-0.1, -0.05) is 38.1 Å². The maximum absolute atomic E-state index is 5.49. The Morgan fingerprint density at radius 3 is 2.00 bits per heavy atom. The summed E-state index contributed by atoms with van der Waals surface area (Å²) >= 11 is 0. The number of hydrogen-bond acceptors (Lipinski definition) is 1. The fraction of sp³-hybridized carbons (Fsp3) is 0.571. The highest BCUT2D eigenvalue weighted by Crippen LogP contribution is 2.11. The van der Waals surface area contributed by atoms with Crippen LogP contribution in [0.1, 0.15) is 37.8 Å². The molecule has 0 aromatic heterocycles. The molecule has 1 aromatic carbocycles. The van der Waals surface area contributed by atoms with Gasteiger partial charge in [-0.25, -0.2) is 0 Å². The minimum absolute atomic E-state index is 0.787. The monoisotopic (exact) mass is 205 g/mol. The van der Waals surface area contributed by atoms with Gasteiger partial charge in [0, 0.05) is 0 Å². The van der Waals surface area contributed by atoms with Gasteiger partial charge in [-0.2, -0.15) is 0 Å². The summed E-state index contributed by atoms with van der Waals surface area (Å²) in [5.74, 6) is 0.793. The molecule has 0 amide bonds. The summed E-state index contributed by atoms with van der Waals surface area (Å²) in [6.45, 7) is 5.33. The third kappa shape index (κ3) is 4.98. The Morgan fingerprint density at radius 2 is 1.53 bits per heavy atom.